The van der Waals surface area contributed by atoms with E-state index in [2.05, 4.69) is 18.1 Å². The molecule has 0 saturated carbocycles. The number of benzene rings is 1. The van der Waals surface area contributed by atoms with Crippen molar-refractivity contribution in [3.63, 3.8) is 0 Å². The molecular formula is C11H14NO. The first-order valence-corrected chi connectivity index (χ1v) is 4.55. The van der Waals surface area contributed by atoms with E-state index in [1.807, 2.05) is 24.3 Å². The van der Waals surface area contributed by atoms with Crippen molar-refractivity contribution >= 4 is 6.21 Å². The number of hydrogen-bond acceptors (Lipinski definition) is 2. The van der Waals surface area contributed by atoms with E-state index in [1.54, 1.807) is 6.21 Å². The van der Waals surface area contributed by atoms with Crippen LogP contribution in [0.2, 0.25) is 0 Å². The normalized spacial score (nSPS) is 10.5. The van der Waals surface area contributed by atoms with Crippen LogP contribution in [0.1, 0.15) is 25.3 Å². The molecule has 1 aromatic rings. The van der Waals surface area contributed by atoms with Crippen LogP contribution in [0.25, 0.3) is 0 Å². The van der Waals surface area contributed by atoms with E-state index in [-0.39, 0.29) is 0 Å². The summed E-state index contributed by atoms with van der Waals surface area (Å²) >= 11 is 0. The Bertz CT molecular complexity index is 244. The third kappa shape index (κ3) is 4.31. The molecule has 69 valence electrons. The maximum atomic E-state index is 5.03. The molecule has 0 aliphatic heterocycles. The van der Waals surface area contributed by atoms with Gasteiger partial charge in [-0.05, 0) is 24.1 Å². The van der Waals surface area contributed by atoms with Crippen molar-refractivity contribution in [2.24, 2.45) is 5.16 Å². The molecule has 0 amide bonds. The lowest BCUT2D eigenvalue weighted by molar-refractivity contribution is 0.143. The van der Waals surface area contributed by atoms with E-state index in [0.29, 0.717) is 6.61 Å². The van der Waals surface area contributed by atoms with E-state index < -0.39 is 0 Å². The summed E-state index contributed by atoms with van der Waals surface area (Å²) < 4.78 is 0. The molecule has 1 radical (unpaired) electrons. The second kappa shape index (κ2) is 6.23. The number of unbranched alkanes of at least 4 members (excludes halogenated alkanes) is 1. The average molecular weight is 176 g/mol. The van der Waals surface area contributed by atoms with E-state index in [1.165, 1.54) is 0 Å². The zero-order chi connectivity index (χ0) is 9.36. The molecule has 0 unspecified atom stereocenters. The highest BCUT2D eigenvalue weighted by Crippen LogP contribution is 1.94. The predicted octanol–water partition coefficient (Wildman–Crippen LogP) is 2.64. The van der Waals surface area contributed by atoms with Gasteiger partial charge in [0.05, 0.1) is 6.21 Å². The molecule has 0 aliphatic rings. The molecule has 0 spiro atoms. The standard InChI is InChI=1S/C11H14NO/c1-2-3-9-13-12-10-11-7-5-4-6-8-11/h4-5,7-8,10H,2-3,9H2,1H3/b12-10+. The summed E-state index contributed by atoms with van der Waals surface area (Å²) in [5, 5.41) is 3.83. The molecule has 0 bridgehead atoms. The second-order valence-electron chi connectivity index (χ2n) is 2.76. The summed E-state index contributed by atoms with van der Waals surface area (Å²) in [6.45, 7) is 2.82. The summed E-state index contributed by atoms with van der Waals surface area (Å²) in [5.74, 6) is 0. The molecule has 0 atom stereocenters. The lowest BCUT2D eigenvalue weighted by Gasteiger charge is -1.95. The van der Waals surface area contributed by atoms with Crippen LogP contribution in [-0.2, 0) is 4.84 Å². The van der Waals surface area contributed by atoms with Gasteiger partial charge in [0.2, 0.25) is 0 Å². The van der Waals surface area contributed by atoms with Crippen molar-refractivity contribution in [3.05, 3.63) is 35.9 Å². The Morgan fingerprint density at radius 3 is 3.23 bits per heavy atom. The van der Waals surface area contributed by atoms with Crippen molar-refractivity contribution in [1.29, 1.82) is 0 Å². The molecule has 0 saturated heterocycles. The number of rotatable bonds is 5. The highest BCUT2D eigenvalue weighted by atomic mass is 16.6. The third-order valence-corrected chi connectivity index (χ3v) is 1.60. The Balaban J connectivity index is 2.25. The summed E-state index contributed by atoms with van der Waals surface area (Å²) in [7, 11) is 0. The van der Waals surface area contributed by atoms with Gasteiger partial charge in [-0.15, -0.1) is 0 Å². The SMILES string of the molecule is CCCCO/N=C/c1c[c]ccc1. The van der Waals surface area contributed by atoms with Crippen molar-refractivity contribution in [2.75, 3.05) is 6.61 Å². The maximum absolute atomic E-state index is 5.03. The first-order valence-electron chi connectivity index (χ1n) is 4.55. The lowest BCUT2D eigenvalue weighted by Crippen LogP contribution is -1.87. The van der Waals surface area contributed by atoms with Crippen LogP contribution in [-0.4, -0.2) is 12.8 Å². The molecule has 0 N–H and O–H groups in total. The molecule has 0 fully saturated rings. The van der Waals surface area contributed by atoms with Crippen molar-refractivity contribution in [3.8, 4) is 0 Å². The third-order valence-electron chi connectivity index (χ3n) is 1.60. The largest absolute Gasteiger partial charge is 0.396 e. The van der Waals surface area contributed by atoms with E-state index in [0.717, 1.165) is 18.4 Å². The van der Waals surface area contributed by atoms with E-state index in [4.69, 9.17) is 4.84 Å². The average Bonchev–Trinajstić information content (AvgIpc) is 2.19. The topological polar surface area (TPSA) is 21.6 Å². The van der Waals surface area contributed by atoms with Gasteiger partial charge in [0, 0.05) is 0 Å². The van der Waals surface area contributed by atoms with Gasteiger partial charge in [-0.25, -0.2) is 0 Å². The number of oxime groups is 1. The van der Waals surface area contributed by atoms with Gasteiger partial charge >= 0.3 is 0 Å². The monoisotopic (exact) mass is 176 g/mol. The van der Waals surface area contributed by atoms with Crippen LogP contribution in [0.15, 0.2) is 29.4 Å². The zero-order valence-corrected chi connectivity index (χ0v) is 7.86. The first kappa shape index (κ1) is 9.78. The van der Waals surface area contributed by atoms with Gasteiger partial charge < -0.3 is 4.84 Å². The maximum Gasteiger partial charge on any atom is 0.117 e. The highest BCUT2D eigenvalue weighted by Gasteiger charge is 1.84. The Morgan fingerprint density at radius 1 is 1.62 bits per heavy atom. The number of hydrogen-bond donors (Lipinski definition) is 0. The van der Waals surface area contributed by atoms with Crippen molar-refractivity contribution in [2.45, 2.75) is 19.8 Å². The second-order valence-corrected chi connectivity index (χ2v) is 2.76. The lowest BCUT2D eigenvalue weighted by atomic mass is 10.2. The van der Waals surface area contributed by atoms with Crippen LogP contribution in [0.5, 0.6) is 0 Å². The summed E-state index contributed by atoms with van der Waals surface area (Å²) in [5.41, 5.74) is 1.01. The van der Waals surface area contributed by atoms with Crippen LogP contribution in [0.3, 0.4) is 0 Å². The van der Waals surface area contributed by atoms with Gasteiger partial charge in [0.1, 0.15) is 6.61 Å². The minimum atomic E-state index is 0.698. The van der Waals surface area contributed by atoms with Crippen LogP contribution in [0, 0.1) is 6.07 Å². The molecule has 2 heteroatoms. The van der Waals surface area contributed by atoms with Crippen molar-refractivity contribution in [1.82, 2.24) is 0 Å². The molecule has 1 rings (SSSR count). The predicted molar refractivity (Wildman–Crippen MR) is 53.7 cm³/mol. The van der Waals surface area contributed by atoms with Crippen LogP contribution in [0.4, 0.5) is 0 Å². The fourth-order valence-electron chi connectivity index (χ4n) is 0.847. The minimum Gasteiger partial charge on any atom is -0.396 e. The zero-order valence-electron chi connectivity index (χ0n) is 7.86. The number of nitrogens with zero attached hydrogens (tertiary/aromatic N) is 1. The molecule has 1 aromatic carbocycles. The molecule has 2 nitrogen and oxygen atoms in total. The first-order chi connectivity index (χ1) is 6.43. The molecule has 0 aromatic heterocycles. The summed E-state index contributed by atoms with van der Waals surface area (Å²) in [6.07, 6.45) is 3.89. The Hall–Kier alpha value is -1.31. The Labute approximate surface area is 79.2 Å². The molecular weight excluding hydrogens is 162 g/mol. The van der Waals surface area contributed by atoms with Crippen LogP contribution >= 0.6 is 0 Å². The summed E-state index contributed by atoms with van der Waals surface area (Å²) in [6, 6.07) is 10.6. The fraction of sp³-hybridized carbons (Fsp3) is 0.364. The molecule has 13 heavy (non-hydrogen) atoms. The van der Waals surface area contributed by atoms with Crippen LogP contribution < -0.4 is 0 Å². The molecule has 0 aliphatic carbocycles. The Morgan fingerprint density at radius 2 is 2.54 bits per heavy atom. The highest BCUT2D eigenvalue weighted by molar-refractivity contribution is 5.78. The van der Waals surface area contributed by atoms with Gasteiger partial charge in [0.15, 0.2) is 0 Å². The molecule has 0 heterocycles. The van der Waals surface area contributed by atoms with Crippen molar-refractivity contribution < 1.29 is 4.84 Å². The smallest absolute Gasteiger partial charge is 0.117 e. The van der Waals surface area contributed by atoms with Gasteiger partial charge in [0.25, 0.3) is 0 Å². The van der Waals surface area contributed by atoms with E-state index >= 15 is 0 Å². The quantitative estimate of drug-likeness (QED) is 0.384. The van der Waals surface area contributed by atoms with E-state index in [9.17, 15) is 0 Å². The Kier molecular flexibility index (Phi) is 4.69. The summed E-state index contributed by atoms with van der Waals surface area (Å²) in [4.78, 5) is 5.03. The van der Waals surface area contributed by atoms with Gasteiger partial charge in [-0.2, -0.15) is 0 Å². The fourth-order valence-corrected chi connectivity index (χ4v) is 0.847. The van der Waals surface area contributed by atoms with Gasteiger partial charge in [-0.1, -0.05) is 36.7 Å². The minimum absolute atomic E-state index is 0.698. The van der Waals surface area contributed by atoms with Gasteiger partial charge in [-0.3, -0.25) is 0 Å².